The van der Waals surface area contributed by atoms with Crippen LogP contribution in [0.5, 0.6) is 0 Å². The van der Waals surface area contributed by atoms with Gasteiger partial charge in [0.1, 0.15) is 4.99 Å². The van der Waals surface area contributed by atoms with E-state index in [-0.39, 0.29) is 6.61 Å². The molecule has 1 atom stereocenters. The van der Waals surface area contributed by atoms with Crippen LogP contribution >= 0.6 is 12.2 Å². The predicted molar refractivity (Wildman–Crippen MR) is 63.9 cm³/mol. The molecule has 0 aliphatic carbocycles. The summed E-state index contributed by atoms with van der Waals surface area (Å²) in [6.45, 7) is 0.0564. The van der Waals surface area contributed by atoms with Crippen molar-refractivity contribution in [2.75, 3.05) is 18.5 Å². The minimum atomic E-state index is -0.750. The maximum Gasteiger partial charge on any atom is 0.103 e. The Labute approximate surface area is 93.7 Å². The first kappa shape index (κ1) is 11.9. The quantitative estimate of drug-likeness (QED) is 0.535. The zero-order valence-electron chi connectivity index (χ0n) is 8.18. The molecule has 0 bridgehead atoms. The summed E-state index contributed by atoms with van der Waals surface area (Å²) >= 11 is 4.81. The summed E-state index contributed by atoms with van der Waals surface area (Å²) in [6, 6.07) is 7.24. The van der Waals surface area contributed by atoms with Crippen molar-refractivity contribution in [2.45, 2.75) is 6.10 Å². The minimum absolute atomic E-state index is 0.252. The average Bonchev–Trinajstić information content (AvgIpc) is 2.26. The number of rotatable bonds is 5. The van der Waals surface area contributed by atoms with Gasteiger partial charge in [0.25, 0.3) is 0 Å². The van der Waals surface area contributed by atoms with E-state index in [4.69, 9.17) is 28.2 Å². The third-order valence-corrected chi connectivity index (χ3v) is 2.16. The Balaban J connectivity index is 2.53. The largest absolute Gasteiger partial charge is 0.394 e. The zero-order chi connectivity index (χ0) is 11.3. The van der Waals surface area contributed by atoms with Gasteiger partial charge in [-0.2, -0.15) is 0 Å². The number of anilines is 1. The zero-order valence-corrected chi connectivity index (χ0v) is 9.00. The summed E-state index contributed by atoms with van der Waals surface area (Å²) in [7, 11) is 0. The van der Waals surface area contributed by atoms with E-state index >= 15 is 0 Å². The van der Waals surface area contributed by atoms with Crippen molar-refractivity contribution in [2.24, 2.45) is 5.73 Å². The highest BCUT2D eigenvalue weighted by atomic mass is 32.1. The first-order chi connectivity index (χ1) is 7.13. The Morgan fingerprint density at radius 1 is 1.40 bits per heavy atom. The first-order valence-corrected chi connectivity index (χ1v) is 4.97. The topological polar surface area (TPSA) is 78.5 Å². The van der Waals surface area contributed by atoms with Crippen molar-refractivity contribution < 1.29 is 10.2 Å². The second-order valence-electron chi connectivity index (χ2n) is 3.16. The second-order valence-corrected chi connectivity index (χ2v) is 3.60. The lowest BCUT2D eigenvalue weighted by molar-refractivity contribution is 0.105. The Morgan fingerprint density at radius 3 is 2.47 bits per heavy atom. The van der Waals surface area contributed by atoms with Crippen LogP contribution in [0, 0.1) is 0 Å². The van der Waals surface area contributed by atoms with Gasteiger partial charge in [-0.1, -0.05) is 12.2 Å². The van der Waals surface area contributed by atoms with Crippen LogP contribution in [0.15, 0.2) is 24.3 Å². The first-order valence-electron chi connectivity index (χ1n) is 4.56. The van der Waals surface area contributed by atoms with Crippen LogP contribution in [0.3, 0.4) is 0 Å². The van der Waals surface area contributed by atoms with Crippen LogP contribution in [-0.2, 0) is 0 Å². The SMILES string of the molecule is NC(=S)c1ccc(NCC(O)CO)cc1. The van der Waals surface area contributed by atoms with Gasteiger partial charge in [0.05, 0.1) is 12.7 Å². The average molecular weight is 226 g/mol. The van der Waals surface area contributed by atoms with Gasteiger partial charge in [0.2, 0.25) is 0 Å². The molecule has 5 heteroatoms. The molecule has 1 rings (SSSR count). The van der Waals surface area contributed by atoms with Crippen molar-refractivity contribution in [3.63, 3.8) is 0 Å². The molecular weight excluding hydrogens is 212 g/mol. The Bertz CT molecular complexity index is 327. The van der Waals surface area contributed by atoms with E-state index in [0.29, 0.717) is 11.5 Å². The highest BCUT2D eigenvalue weighted by Crippen LogP contribution is 2.09. The molecular formula is C10H14N2O2S. The number of aliphatic hydroxyl groups is 2. The van der Waals surface area contributed by atoms with Crippen LogP contribution in [-0.4, -0.2) is 34.5 Å². The third kappa shape index (κ3) is 3.83. The van der Waals surface area contributed by atoms with Gasteiger partial charge in [0.15, 0.2) is 0 Å². The molecule has 1 unspecified atom stereocenters. The molecule has 15 heavy (non-hydrogen) atoms. The van der Waals surface area contributed by atoms with Gasteiger partial charge < -0.3 is 21.3 Å². The van der Waals surface area contributed by atoms with Crippen molar-refractivity contribution in [3.8, 4) is 0 Å². The summed E-state index contributed by atoms with van der Waals surface area (Å²) < 4.78 is 0. The number of hydrogen-bond acceptors (Lipinski definition) is 4. The molecule has 0 aliphatic heterocycles. The number of benzene rings is 1. The van der Waals surface area contributed by atoms with Crippen molar-refractivity contribution in [3.05, 3.63) is 29.8 Å². The number of thiocarbonyl (C=S) groups is 1. The Hall–Kier alpha value is -1.17. The van der Waals surface area contributed by atoms with E-state index in [2.05, 4.69) is 5.32 Å². The van der Waals surface area contributed by atoms with E-state index in [9.17, 15) is 0 Å². The molecule has 0 saturated heterocycles. The van der Waals surface area contributed by atoms with Crippen LogP contribution in [0.1, 0.15) is 5.56 Å². The van der Waals surface area contributed by atoms with E-state index < -0.39 is 6.10 Å². The summed E-state index contributed by atoms with van der Waals surface area (Å²) in [4.78, 5) is 0.358. The standard InChI is InChI=1S/C10H14N2O2S/c11-10(15)7-1-3-8(4-2-7)12-5-9(14)6-13/h1-4,9,12-14H,5-6H2,(H2,11,15). The highest BCUT2D eigenvalue weighted by Gasteiger charge is 2.01. The van der Waals surface area contributed by atoms with Gasteiger partial charge in [-0.25, -0.2) is 0 Å². The van der Waals surface area contributed by atoms with Gasteiger partial charge in [0, 0.05) is 17.8 Å². The lowest BCUT2D eigenvalue weighted by atomic mass is 10.2. The monoisotopic (exact) mass is 226 g/mol. The Kier molecular flexibility index (Phi) is 4.48. The van der Waals surface area contributed by atoms with Crippen LogP contribution < -0.4 is 11.1 Å². The fraction of sp³-hybridized carbons (Fsp3) is 0.300. The number of hydrogen-bond donors (Lipinski definition) is 4. The summed E-state index contributed by atoms with van der Waals surface area (Å²) in [5, 5.41) is 20.7. The molecule has 1 aromatic carbocycles. The van der Waals surface area contributed by atoms with Crippen LogP contribution in [0.4, 0.5) is 5.69 Å². The Morgan fingerprint density at radius 2 is 2.00 bits per heavy atom. The van der Waals surface area contributed by atoms with E-state index in [0.717, 1.165) is 11.3 Å². The summed E-state index contributed by atoms with van der Waals surface area (Å²) in [5.41, 5.74) is 7.10. The molecule has 0 radical (unpaired) electrons. The van der Waals surface area contributed by atoms with E-state index in [1.54, 1.807) is 12.1 Å². The molecule has 5 N–H and O–H groups in total. The fourth-order valence-electron chi connectivity index (χ4n) is 1.05. The normalized spacial score (nSPS) is 12.1. The molecule has 0 aliphatic rings. The fourth-order valence-corrected chi connectivity index (χ4v) is 1.19. The van der Waals surface area contributed by atoms with Crippen molar-refractivity contribution >= 4 is 22.9 Å². The molecule has 0 heterocycles. The predicted octanol–water partition coefficient (Wildman–Crippen LogP) is 0.0859. The van der Waals surface area contributed by atoms with E-state index in [1.807, 2.05) is 12.1 Å². The summed E-state index contributed by atoms with van der Waals surface area (Å²) in [6.07, 6.45) is -0.750. The molecule has 1 aromatic rings. The maximum atomic E-state index is 9.11. The van der Waals surface area contributed by atoms with Gasteiger partial charge in [-0.15, -0.1) is 0 Å². The number of nitrogens with two attached hydrogens (primary N) is 1. The molecule has 0 saturated carbocycles. The van der Waals surface area contributed by atoms with Gasteiger partial charge in [-0.05, 0) is 24.3 Å². The number of nitrogens with one attached hydrogen (secondary N) is 1. The molecule has 0 amide bonds. The minimum Gasteiger partial charge on any atom is -0.394 e. The molecule has 0 fully saturated rings. The second kappa shape index (κ2) is 5.65. The van der Waals surface area contributed by atoms with Crippen LogP contribution in [0.2, 0.25) is 0 Å². The highest BCUT2D eigenvalue weighted by molar-refractivity contribution is 7.80. The van der Waals surface area contributed by atoms with Gasteiger partial charge >= 0.3 is 0 Å². The van der Waals surface area contributed by atoms with E-state index in [1.165, 1.54) is 0 Å². The van der Waals surface area contributed by atoms with Crippen LogP contribution in [0.25, 0.3) is 0 Å². The lowest BCUT2D eigenvalue weighted by Gasteiger charge is -2.10. The molecule has 82 valence electrons. The van der Waals surface area contributed by atoms with Crippen molar-refractivity contribution in [1.29, 1.82) is 0 Å². The smallest absolute Gasteiger partial charge is 0.103 e. The van der Waals surface area contributed by atoms with Gasteiger partial charge in [-0.3, -0.25) is 0 Å². The summed E-state index contributed by atoms with van der Waals surface area (Å²) in [5.74, 6) is 0. The third-order valence-electron chi connectivity index (χ3n) is 1.92. The van der Waals surface area contributed by atoms with Crippen molar-refractivity contribution in [1.82, 2.24) is 0 Å². The molecule has 0 aromatic heterocycles. The molecule has 4 nitrogen and oxygen atoms in total. The lowest BCUT2D eigenvalue weighted by Crippen LogP contribution is -2.22. The maximum absolute atomic E-state index is 9.11. The molecule has 0 spiro atoms. The number of aliphatic hydroxyl groups excluding tert-OH is 2.